The summed E-state index contributed by atoms with van der Waals surface area (Å²) in [4.78, 5) is 2.15. The van der Waals surface area contributed by atoms with Gasteiger partial charge in [0.25, 0.3) is 0 Å². The van der Waals surface area contributed by atoms with Crippen LogP contribution in [0.4, 0.5) is 18.9 Å². The number of anilines is 1. The lowest BCUT2D eigenvalue weighted by atomic mass is 10.2. The molecule has 0 N–H and O–H groups in total. The van der Waals surface area contributed by atoms with E-state index in [0.717, 1.165) is 42.9 Å². The summed E-state index contributed by atoms with van der Waals surface area (Å²) in [7, 11) is -3.55. The number of rotatable bonds is 6. The third-order valence-electron chi connectivity index (χ3n) is 4.24. The van der Waals surface area contributed by atoms with Gasteiger partial charge in [0, 0.05) is 18.8 Å². The Labute approximate surface area is 150 Å². The molecule has 0 aliphatic carbocycles. The predicted molar refractivity (Wildman–Crippen MR) is 92.2 cm³/mol. The minimum Gasteiger partial charge on any atom is -0.406 e. The standard InChI is InChI=1S/C18H18F3NO3S/c19-18(20,21)25-15-6-8-16(9-7-15)26(23,24)13-3-11-22-12-10-14-4-1-2-5-17(14)22/h1-2,4-9H,3,10-13H2. The van der Waals surface area contributed by atoms with Crippen LogP contribution in [0.15, 0.2) is 53.4 Å². The first-order chi connectivity index (χ1) is 12.2. The third kappa shape index (κ3) is 4.49. The molecule has 0 bridgehead atoms. The molecule has 0 saturated heterocycles. The topological polar surface area (TPSA) is 46.6 Å². The van der Waals surface area contributed by atoms with Gasteiger partial charge < -0.3 is 9.64 Å². The lowest BCUT2D eigenvalue weighted by molar-refractivity contribution is -0.274. The minimum absolute atomic E-state index is 0.00570. The fourth-order valence-corrected chi connectivity index (χ4v) is 4.35. The molecule has 0 spiro atoms. The van der Waals surface area contributed by atoms with E-state index < -0.39 is 21.9 Å². The van der Waals surface area contributed by atoms with E-state index >= 15 is 0 Å². The van der Waals surface area contributed by atoms with E-state index in [1.54, 1.807) is 0 Å². The molecule has 1 aliphatic heterocycles. The van der Waals surface area contributed by atoms with Crippen LogP contribution in [0.25, 0.3) is 0 Å². The van der Waals surface area contributed by atoms with Crippen molar-refractivity contribution in [1.29, 1.82) is 0 Å². The molecule has 2 aromatic rings. The second-order valence-electron chi connectivity index (χ2n) is 6.06. The highest BCUT2D eigenvalue weighted by Crippen LogP contribution is 2.28. The van der Waals surface area contributed by atoms with E-state index in [4.69, 9.17) is 0 Å². The Hall–Kier alpha value is -2.22. The number of alkyl halides is 3. The number of benzene rings is 2. The Balaban J connectivity index is 1.58. The summed E-state index contributed by atoms with van der Waals surface area (Å²) in [6, 6.07) is 12.3. The van der Waals surface area contributed by atoms with E-state index in [0.29, 0.717) is 13.0 Å². The van der Waals surface area contributed by atoms with Gasteiger partial charge >= 0.3 is 6.36 Å². The quantitative estimate of drug-likeness (QED) is 0.759. The molecule has 3 rings (SSSR count). The van der Waals surface area contributed by atoms with Crippen LogP contribution >= 0.6 is 0 Å². The summed E-state index contributed by atoms with van der Waals surface area (Å²) < 4.78 is 64.9. The van der Waals surface area contributed by atoms with Crippen LogP contribution in [-0.4, -0.2) is 33.6 Å². The van der Waals surface area contributed by atoms with Gasteiger partial charge in [-0.1, -0.05) is 18.2 Å². The highest BCUT2D eigenvalue weighted by Gasteiger charge is 2.31. The average molecular weight is 385 g/mol. The van der Waals surface area contributed by atoms with Crippen molar-refractivity contribution < 1.29 is 26.3 Å². The van der Waals surface area contributed by atoms with Crippen LogP contribution < -0.4 is 9.64 Å². The summed E-state index contributed by atoms with van der Waals surface area (Å²) in [5.74, 6) is -0.504. The average Bonchev–Trinajstić information content (AvgIpc) is 2.97. The fourth-order valence-electron chi connectivity index (χ4n) is 3.05. The lowest BCUT2D eigenvalue weighted by Gasteiger charge is -2.19. The van der Waals surface area contributed by atoms with Crippen molar-refractivity contribution in [2.45, 2.75) is 24.1 Å². The molecule has 2 aromatic carbocycles. The number of nitrogens with zero attached hydrogens (tertiary/aromatic N) is 1. The van der Waals surface area contributed by atoms with Gasteiger partial charge in [-0.3, -0.25) is 0 Å². The number of ether oxygens (including phenoxy) is 1. The Morgan fingerprint density at radius 2 is 1.73 bits per heavy atom. The van der Waals surface area contributed by atoms with Gasteiger partial charge in [-0.15, -0.1) is 13.2 Å². The largest absolute Gasteiger partial charge is 0.573 e. The zero-order valence-electron chi connectivity index (χ0n) is 13.9. The van der Waals surface area contributed by atoms with E-state index in [2.05, 4.69) is 15.7 Å². The maximum Gasteiger partial charge on any atom is 0.573 e. The van der Waals surface area contributed by atoms with Crippen LogP contribution in [0.2, 0.25) is 0 Å². The number of sulfone groups is 1. The molecule has 0 radical (unpaired) electrons. The molecule has 0 fully saturated rings. The summed E-state index contributed by atoms with van der Waals surface area (Å²) in [5.41, 5.74) is 2.40. The molecule has 1 aliphatic rings. The van der Waals surface area contributed by atoms with Crippen molar-refractivity contribution in [3.8, 4) is 5.75 Å². The molecule has 26 heavy (non-hydrogen) atoms. The van der Waals surface area contributed by atoms with Crippen molar-refractivity contribution in [2.24, 2.45) is 0 Å². The molecule has 8 heteroatoms. The van der Waals surface area contributed by atoms with E-state index in [9.17, 15) is 21.6 Å². The van der Waals surface area contributed by atoms with Crippen molar-refractivity contribution in [3.63, 3.8) is 0 Å². The summed E-state index contributed by atoms with van der Waals surface area (Å²) in [5, 5.41) is 0. The molecule has 1 heterocycles. The lowest BCUT2D eigenvalue weighted by Crippen LogP contribution is -2.23. The number of para-hydroxylation sites is 1. The van der Waals surface area contributed by atoms with Crippen molar-refractivity contribution in [2.75, 3.05) is 23.7 Å². The van der Waals surface area contributed by atoms with Crippen LogP contribution in [0.3, 0.4) is 0 Å². The van der Waals surface area contributed by atoms with Gasteiger partial charge in [-0.25, -0.2) is 8.42 Å². The van der Waals surface area contributed by atoms with Crippen LogP contribution in [0.1, 0.15) is 12.0 Å². The first-order valence-electron chi connectivity index (χ1n) is 8.16. The Morgan fingerprint density at radius 3 is 2.42 bits per heavy atom. The Morgan fingerprint density at radius 1 is 1.04 bits per heavy atom. The number of halogens is 3. The van der Waals surface area contributed by atoms with Crippen LogP contribution in [-0.2, 0) is 16.3 Å². The van der Waals surface area contributed by atoms with Gasteiger partial charge in [-0.2, -0.15) is 0 Å². The number of fused-ring (bicyclic) bond motifs is 1. The fraction of sp³-hybridized carbons (Fsp3) is 0.333. The summed E-state index contributed by atoms with van der Waals surface area (Å²) in [6.07, 6.45) is -3.41. The number of hydrogen-bond donors (Lipinski definition) is 0. The smallest absolute Gasteiger partial charge is 0.406 e. The molecule has 0 atom stereocenters. The van der Waals surface area contributed by atoms with Crippen molar-refractivity contribution >= 4 is 15.5 Å². The maximum atomic E-state index is 12.4. The highest BCUT2D eigenvalue weighted by atomic mass is 32.2. The van der Waals surface area contributed by atoms with Gasteiger partial charge in [0.1, 0.15) is 5.75 Å². The van der Waals surface area contributed by atoms with E-state index in [1.807, 2.05) is 18.2 Å². The Kier molecular flexibility index (Phi) is 5.13. The molecule has 4 nitrogen and oxygen atoms in total. The Bertz CT molecular complexity index is 864. The van der Waals surface area contributed by atoms with Crippen molar-refractivity contribution in [1.82, 2.24) is 0 Å². The summed E-state index contributed by atoms with van der Waals surface area (Å²) >= 11 is 0. The van der Waals surface area contributed by atoms with Gasteiger partial charge in [0.15, 0.2) is 9.84 Å². The maximum absolute atomic E-state index is 12.4. The molecule has 140 valence electrons. The van der Waals surface area contributed by atoms with Crippen LogP contribution in [0, 0.1) is 0 Å². The molecule has 0 saturated carbocycles. The van der Waals surface area contributed by atoms with Crippen molar-refractivity contribution in [3.05, 3.63) is 54.1 Å². The molecule has 0 aromatic heterocycles. The second kappa shape index (κ2) is 7.19. The normalized spacial score (nSPS) is 14.3. The third-order valence-corrected chi connectivity index (χ3v) is 6.06. The SMILES string of the molecule is O=S(=O)(CCCN1CCc2ccccc21)c1ccc(OC(F)(F)F)cc1. The molecule has 0 amide bonds. The summed E-state index contributed by atoms with van der Waals surface area (Å²) in [6.45, 7) is 1.48. The second-order valence-corrected chi connectivity index (χ2v) is 8.17. The molecular weight excluding hydrogens is 367 g/mol. The predicted octanol–water partition coefficient (Wildman–Crippen LogP) is 3.81. The zero-order valence-corrected chi connectivity index (χ0v) is 14.7. The molecule has 0 unspecified atom stereocenters. The van der Waals surface area contributed by atoms with Gasteiger partial charge in [0.05, 0.1) is 10.6 Å². The van der Waals surface area contributed by atoms with E-state index in [-0.39, 0.29) is 10.6 Å². The minimum atomic E-state index is -4.80. The monoisotopic (exact) mass is 385 g/mol. The first-order valence-corrected chi connectivity index (χ1v) is 9.81. The molecular formula is C18H18F3NO3S. The van der Waals surface area contributed by atoms with Gasteiger partial charge in [0.2, 0.25) is 0 Å². The number of hydrogen-bond acceptors (Lipinski definition) is 4. The van der Waals surface area contributed by atoms with Gasteiger partial charge in [-0.05, 0) is 48.7 Å². The zero-order chi connectivity index (χ0) is 18.8. The first kappa shape index (κ1) is 18.6. The van der Waals surface area contributed by atoms with Crippen LogP contribution in [0.5, 0.6) is 5.75 Å². The highest BCUT2D eigenvalue weighted by molar-refractivity contribution is 7.91. The van der Waals surface area contributed by atoms with E-state index in [1.165, 1.54) is 5.56 Å².